The minimum atomic E-state index is 0.659. The highest BCUT2D eigenvalue weighted by molar-refractivity contribution is 5.56. The Balaban J connectivity index is 1.88. The molecule has 0 saturated carbocycles. The van der Waals surface area contributed by atoms with Crippen LogP contribution < -0.4 is 5.32 Å². The molecule has 0 spiro atoms. The Kier molecular flexibility index (Phi) is 3.06. The molecular formula is C15H22N2. The van der Waals surface area contributed by atoms with E-state index in [1.54, 1.807) is 0 Å². The topological polar surface area (TPSA) is 15.3 Å². The first-order valence-electron chi connectivity index (χ1n) is 6.93. The second kappa shape index (κ2) is 4.69. The Labute approximate surface area is 104 Å². The third kappa shape index (κ3) is 2.19. The van der Waals surface area contributed by atoms with Crippen molar-refractivity contribution in [2.24, 2.45) is 0 Å². The lowest BCUT2D eigenvalue weighted by Crippen LogP contribution is -2.36. The van der Waals surface area contributed by atoms with Crippen molar-refractivity contribution in [3.05, 3.63) is 29.3 Å². The lowest BCUT2D eigenvalue weighted by molar-refractivity contribution is 0.156. The number of likely N-dealkylation sites (tertiary alicyclic amines) is 1. The van der Waals surface area contributed by atoms with Gasteiger partial charge in [0, 0.05) is 18.3 Å². The Morgan fingerprint density at radius 1 is 1.18 bits per heavy atom. The van der Waals surface area contributed by atoms with Gasteiger partial charge in [0.05, 0.1) is 0 Å². The first-order valence-corrected chi connectivity index (χ1v) is 6.93. The average Bonchev–Trinajstić information content (AvgIpc) is 2.39. The number of nitrogens with one attached hydrogen (secondary N) is 1. The van der Waals surface area contributed by atoms with Crippen molar-refractivity contribution >= 4 is 5.69 Å². The quantitative estimate of drug-likeness (QED) is 0.796. The first kappa shape index (κ1) is 11.1. The van der Waals surface area contributed by atoms with E-state index in [0.29, 0.717) is 6.04 Å². The number of benzene rings is 1. The molecule has 0 aromatic heterocycles. The normalized spacial score (nSPS) is 25.1. The van der Waals surface area contributed by atoms with E-state index in [9.17, 15) is 0 Å². The SMILES string of the molecule is Cc1ccc2c(c1)NCCC2N1CCCCC1. The van der Waals surface area contributed by atoms with Gasteiger partial charge in [0.25, 0.3) is 0 Å². The molecule has 0 radical (unpaired) electrons. The number of piperidine rings is 1. The van der Waals surface area contributed by atoms with E-state index in [4.69, 9.17) is 0 Å². The highest BCUT2D eigenvalue weighted by Crippen LogP contribution is 2.35. The molecule has 17 heavy (non-hydrogen) atoms. The zero-order valence-electron chi connectivity index (χ0n) is 10.7. The van der Waals surface area contributed by atoms with Crippen molar-refractivity contribution in [1.82, 2.24) is 4.90 Å². The summed E-state index contributed by atoms with van der Waals surface area (Å²) < 4.78 is 0. The lowest BCUT2D eigenvalue weighted by Gasteiger charge is -2.38. The molecule has 1 N–H and O–H groups in total. The van der Waals surface area contributed by atoms with Crippen LogP contribution in [0, 0.1) is 6.92 Å². The van der Waals surface area contributed by atoms with Crippen LogP contribution >= 0.6 is 0 Å². The molecule has 0 bridgehead atoms. The molecule has 0 amide bonds. The summed E-state index contributed by atoms with van der Waals surface area (Å²) in [5.74, 6) is 0. The summed E-state index contributed by atoms with van der Waals surface area (Å²) in [4.78, 5) is 2.69. The fourth-order valence-electron chi connectivity index (χ4n) is 3.22. The van der Waals surface area contributed by atoms with Crippen molar-refractivity contribution < 1.29 is 0 Å². The zero-order chi connectivity index (χ0) is 11.7. The van der Waals surface area contributed by atoms with Gasteiger partial charge in [-0.1, -0.05) is 18.6 Å². The van der Waals surface area contributed by atoms with Crippen LogP contribution in [0.25, 0.3) is 0 Å². The summed E-state index contributed by atoms with van der Waals surface area (Å²) >= 11 is 0. The maximum atomic E-state index is 3.55. The van der Waals surface area contributed by atoms with E-state index in [1.807, 2.05) is 0 Å². The van der Waals surface area contributed by atoms with Gasteiger partial charge in [0.1, 0.15) is 0 Å². The van der Waals surface area contributed by atoms with Crippen molar-refractivity contribution in [2.45, 2.75) is 38.6 Å². The molecule has 1 unspecified atom stereocenters. The van der Waals surface area contributed by atoms with E-state index < -0.39 is 0 Å². The van der Waals surface area contributed by atoms with Crippen molar-refractivity contribution in [3.63, 3.8) is 0 Å². The second-order valence-electron chi connectivity index (χ2n) is 5.42. The summed E-state index contributed by atoms with van der Waals surface area (Å²) in [5.41, 5.74) is 4.24. The van der Waals surface area contributed by atoms with Gasteiger partial charge in [0.15, 0.2) is 0 Å². The maximum Gasteiger partial charge on any atom is 0.0391 e. The number of rotatable bonds is 1. The van der Waals surface area contributed by atoms with Crippen LogP contribution in [0.4, 0.5) is 5.69 Å². The molecule has 1 fully saturated rings. The van der Waals surface area contributed by atoms with Crippen molar-refractivity contribution in [1.29, 1.82) is 0 Å². The Bertz CT molecular complexity index is 394. The van der Waals surface area contributed by atoms with E-state index in [1.165, 1.54) is 55.6 Å². The fraction of sp³-hybridized carbons (Fsp3) is 0.600. The number of hydrogen-bond acceptors (Lipinski definition) is 2. The standard InChI is InChI=1S/C15H22N2/c1-12-5-6-13-14(11-12)16-8-7-15(13)17-9-3-2-4-10-17/h5-6,11,15-16H,2-4,7-10H2,1H3. The highest BCUT2D eigenvalue weighted by atomic mass is 15.2. The predicted molar refractivity (Wildman–Crippen MR) is 72.5 cm³/mol. The molecule has 92 valence electrons. The van der Waals surface area contributed by atoms with Crippen LogP contribution in [0.3, 0.4) is 0 Å². The fourth-order valence-corrected chi connectivity index (χ4v) is 3.22. The number of hydrogen-bond donors (Lipinski definition) is 1. The summed E-state index contributed by atoms with van der Waals surface area (Å²) in [7, 11) is 0. The molecule has 2 heteroatoms. The molecule has 3 rings (SSSR count). The van der Waals surface area contributed by atoms with E-state index >= 15 is 0 Å². The van der Waals surface area contributed by atoms with Crippen molar-refractivity contribution in [2.75, 3.05) is 25.0 Å². The van der Waals surface area contributed by atoms with Crippen LogP contribution in [0.2, 0.25) is 0 Å². The second-order valence-corrected chi connectivity index (χ2v) is 5.42. The number of nitrogens with zero attached hydrogens (tertiary/aromatic N) is 1. The van der Waals surface area contributed by atoms with Crippen LogP contribution in [-0.4, -0.2) is 24.5 Å². The zero-order valence-corrected chi connectivity index (χ0v) is 10.7. The summed E-state index contributed by atoms with van der Waals surface area (Å²) in [5, 5.41) is 3.55. The number of anilines is 1. The van der Waals surface area contributed by atoms with E-state index in [0.717, 1.165) is 6.54 Å². The Morgan fingerprint density at radius 3 is 2.82 bits per heavy atom. The van der Waals surface area contributed by atoms with Gasteiger partial charge in [-0.15, -0.1) is 0 Å². The predicted octanol–water partition coefficient (Wildman–Crippen LogP) is 3.34. The minimum absolute atomic E-state index is 0.659. The Morgan fingerprint density at radius 2 is 2.00 bits per heavy atom. The van der Waals surface area contributed by atoms with Gasteiger partial charge >= 0.3 is 0 Å². The van der Waals surface area contributed by atoms with Crippen LogP contribution in [-0.2, 0) is 0 Å². The summed E-state index contributed by atoms with van der Waals surface area (Å²) in [6, 6.07) is 7.54. The molecule has 0 aliphatic carbocycles. The molecule has 1 aromatic carbocycles. The third-order valence-corrected chi connectivity index (χ3v) is 4.13. The first-order chi connectivity index (χ1) is 8.34. The van der Waals surface area contributed by atoms with Gasteiger partial charge < -0.3 is 5.32 Å². The third-order valence-electron chi connectivity index (χ3n) is 4.13. The molecule has 1 aromatic rings. The molecule has 2 aliphatic rings. The smallest absolute Gasteiger partial charge is 0.0391 e. The van der Waals surface area contributed by atoms with Crippen LogP contribution in [0.1, 0.15) is 42.9 Å². The van der Waals surface area contributed by atoms with Gasteiger partial charge in [-0.25, -0.2) is 0 Å². The molecule has 2 heterocycles. The Hall–Kier alpha value is -1.02. The van der Waals surface area contributed by atoms with Crippen LogP contribution in [0.5, 0.6) is 0 Å². The van der Waals surface area contributed by atoms with Gasteiger partial charge in [0.2, 0.25) is 0 Å². The van der Waals surface area contributed by atoms with Crippen LogP contribution in [0.15, 0.2) is 18.2 Å². The maximum absolute atomic E-state index is 3.55. The molecule has 2 aliphatic heterocycles. The molecule has 1 saturated heterocycles. The highest BCUT2D eigenvalue weighted by Gasteiger charge is 2.26. The van der Waals surface area contributed by atoms with Gasteiger partial charge in [-0.3, -0.25) is 4.90 Å². The molecule has 1 atom stereocenters. The van der Waals surface area contributed by atoms with Gasteiger partial charge in [-0.2, -0.15) is 0 Å². The van der Waals surface area contributed by atoms with E-state index in [-0.39, 0.29) is 0 Å². The van der Waals surface area contributed by atoms with Crippen molar-refractivity contribution in [3.8, 4) is 0 Å². The summed E-state index contributed by atoms with van der Waals surface area (Å²) in [6.07, 6.45) is 5.44. The average molecular weight is 230 g/mol. The summed E-state index contributed by atoms with van der Waals surface area (Å²) in [6.45, 7) is 5.88. The monoisotopic (exact) mass is 230 g/mol. The van der Waals surface area contributed by atoms with Gasteiger partial charge in [-0.05, 0) is 56.5 Å². The number of fused-ring (bicyclic) bond motifs is 1. The largest absolute Gasteiger partial charge is 0.385 e. The van der Waals surface area contributed by atoms with E-state index in [2.05, 4.69) is 35.3 Å². The number of aryl methyl sites for hydroxylation is 1. The molecular weight excluding hydrogens is 208 g/mol. The minimum Gasteiger partial charge on any atom is -0.385 e. The molecule has 2 nitrogen and oxygen atoms in total. The lowest BCUT2D eigenvalue weighted by atomic mass is 9.93.